The molecule has 5 nitrogen and oxygen atoms in total. The summed E-state index contributed by atoms with van der Waals surface area (Å²) in [6.07, 6.45) is 3.60. The highest BCUT2D eigenvalue weighted by Gasteiger charge is 2.18. The van der Waals surface area contributed by atoms with Crippen LogP contribution in [-0.2, 0) is 0 Å². The van der Waals surface area contributed by atoms with E-state index in [0.717, 1.165) is 72.3 Å². The summed E-state index contributed by atoms with van der Waals surface area (Å²) in [6, 6.07) is 48.1. The lowest BCUT2D eigenvalue weighted by molar-refractivity contribution is 0.668. The first-order valence-electron chi connectivity index (χ1n) is 14.9. The number of pyridine rings is 2. The standard InChI is InChI=1S/C40H25N3O2/c1-2-7-26(8-3-1)27-13-15-28(16-14-27)29-9-4-10-30(23-29)43(31-17-19-33-37(24-31)44-35-11-5-21-41-39(33)35)32-18-20-34-38(25-32)45-36-12-6-22-42-40(34)36/h1-25H. The van der Waals surface area contributed by atoms with E-state index >= 15 is 0 Å². The van der Waals surface area contributed by atoms with Crippen molar-refractivity contribution in [2.45, 2.75) is 0 Å². The molecule has 4 aromatic heterocycles. The Bertz CT molecular complexity index is 2380. The highest BCUT2D eigenvalue weighted by Crippen LogP contribution is 2.41. The smallest absolute Gasteiger partial charge is 0.153 e. The Morgan fingerprint density at radius 2 is 0.889 bits per heavy atom. The van der Waals surface area contributed by atoms with Crippen LogP contribution in [0.1, 0.15) is 0 Å². The fourth-order valence-electron chi connectivity index (χ4n) is 6.21. The van der Waals surface area contributed by atoms with Crippen LogP contribution in [0.15, 0.2) is 161 Å². The average Bonchev–Trinajstić information content (AvgIpc) is 3.67. The molecule has 9 aromatic rings. The van der Waals surface area contributed by atoms with Gasteiger partial charge in [-0.3, -0.25) is 9.97 Å². The van der Waals surface area contributed by atoms with Gasteiger partial charge in [-0.25, -0.2) is 0 Å². The Hall–Kier alpha value is -6.20. The molecule has 0 N–H and O–H groups in total. The first-order valence-corrected chi connectivity index (χ1v) is 14.9. The molecule has 0 unspecified atom stereocenters. The molecule has 0 aliphatic carbocycles. The van der Waals surface area contributed by atoms with E-state index in [4.69, 9.17) is 8.83 Å². The number of nitrogens with zero attached hydrogens (tertiary/aromatic N) is 3. The van der Waals surface area contributed by atoms with Crippen molar-refractivity contribution in [3.8, 4) is 22.3 Å². The second kappa shape index (κ2) is 10.2. The molecular weight excluding hydrogens is 554 g/mol. The molecule has 45 heavy (non-hydrogen) atoms. The number of fused-ring (bicyclic) bond motifs is 6. The second-order valence-corrected chi connectivity index (χ2v) is 11.1. The molecule has 0 spiro atoms. The van der Waals surface area contributed by atoms with Gasteiger partial charge < -0.3 is 13.7 Å². The van der Waals surface area contributed by atoms with Crippen LogP contribution in [0.25, 0.3) is 66.4 Å². The fraction of sp³-hybridized carbons (Fsp3) is 0. The lowest BCUT2D eigenvalue weighted by atomic mass is 10.00. The van der Waals surface area contributed by atoms with Gasteiger partial charge >= 0.3 is 0 Å². The summed E-state index contributed by atoms with van der Waals surface area (Å²) in [6.45, 7) is 0. The number of anilines is 3. The van der Waals surface area contributed by atoms with E-state index in [1.807, 2.05) is 30.3 Å². The van der Waals surface area contributed by atoms with Crippen LogP contribution >= 0.6 is 0 Å². The molecular formula is C40H25N3O2. The summed E-state index contributed by atoms with van der Waals surface area (Å²) < 4.78 is 12.5. The fourth-order valence-corrected chi connectivity index (χ4v) is 6.21. The molecule has 212 valence electrons. The first kappa shape index (κ1) is 25.3. The largest absolute Gasteiger partial charge is 0.454 e. The molecule has 0 saturated heterocycles. The van der Waals surface area contributed by atoms with E-state index in [-0.39, 0.29) is 0 Å². The van der Waals surface area contributed by atoms with Crippen LogP contribution in [-0.4, -0.2) is 9.97 Å². The zero-order valence-electron chi connectivity index (χ0n) is 24.1. The minimum Gasteiger partial charge on any atom is -0.454 e. The van der Waals surface area contributed by atoms with Crippen LogP contribution in [0, 0.1) is 0 Å². The van der Waals surface area contributed by atoms with Crippen LogP contribution in [0.4, 0.5) is 17.1 Å². The summed E-state index contributed by atoms with van der Waals surface area (Å²) in [5, 5.41) is 1.97. The van der Waals surface area contributed by atoms with E-state index in [2.05, 4.69) is 124 Å². The van der Waals surface area contributed by atoms with Crippen molar-refractivity contribution in [3.63, 3.8) is 0 Å². The highest BCUT2D eigenvalue weighted by molar-refractivity contribution is 6.05. The summed E-state index contributed by atoms with van der Waals surface area (Å²) in [5.41, 5.74) is 12.5. The summed E-state index contributed by atoms with van der Waals surface area (Å²) in [5.74, 6) is 0. The van der Waals surface area contributed by atoms with Crippen molar-refractivity contribution >= 4 is 61.2 Å². The zero-order chi connectivity index (χ0) is 29.7. The van der Waals surface area contributed by atoms with Crippen molar-refractivity contribution < 1.29 is 8.83 Å². The Morgan fingerprint density at radius 1 is 0.378 bits per heavy atom. The first-order chi connectivity index (χ1) is 22.3. The number of benzene rings is 5. The third kappa shape index (κ3) is 4.33. The normalized spacial score (nSPS) is 11.6. The second-order valence-electron chi connectivity index (χ2n) is 11.1. The third-order valence-electron chi connectivity index (χ3n) is 8.37. The van der Waals surface area contributed by atoms with Gasteiger partial charge in [0.05, 0.1) is 0 Å². The Balaban J connectivity index is 1.19. The lowest BCUT2D eigenvalue weighted by Crippen LogP contribution is -2.09. The lowest BCUT2D eigenvalue weighted by Gasteiger charge is -2.26. The topological polar surface area (TPSA) is 55.3 Å². The van der Waals surface area contributed by atoms with E-state index in [1.165, 1.54) is 11.1 Å². The third-order valence-corrected chi connectivity index (χ3v) is 8.37. The van der Waals surface area contributed by atoms with Gasteiger partial charge in [0, 0.05) is 52.4 Å². The summed E-state index contributed by atoms with van der Waals surface area (Å²) in [7, 11) is 0. The maximum absolute atomic E-state index is 6.25. The molecule has 0 aliphatic heterocycles. The molecule has 0 saturated carbocycles. The molecule has 5 heteroatoms. The molecule has 0 bridgehead atoms. The predicted octanol–water partition coefficient (Wildman–Crippen LogP) is 11.1. The van der Waals surface area contributed by atoms with E-state index in [1.54, 1.807) is 12.4 Å². The number of hydrogen-bond acceptors (Lipinski definition) is 5. The van der Waals surface area contributed by atoms with Crippen molar-refractivity contribution in [1.29, 1.82) is 0 Å². The van der Waals surface area contributed by atoms with Crippen molar-refractivity contribution in [2.24, 2.45) is 0 Å². The Kier molecular flexibility index (Phi) is 5.74. The highest BCUT2D eigenvalue weighted by atomic mass is 16.3. The monoisotopic (exact) mass is 579 g/mol. The van der Waals surface area contributed by atoms with Gasteiger partial charge in [-0.1, -0.05) is 66.7 Å². The van der Waals surface area contributed by atoms with Crippen molar-refractivity contribution in [2.75, 3.05) is 4.90 Å². The predicted molar refractivity (Wildman–Crippen MR) is 182 cm³/mol. The molecule has 0 fully saturated rings. The molecule has 9 rings (SSSR count). The molecule has 0 aliphatic rings. The maximum Gasteiger partial charge on any atom is 0.153 e. The molecule has 0 amide bonds. The van der Waals surface area contributed by atoms with Crippen molar-refractivity contribution in [1.82, 2.24) is 9.97 Å². The van der Waals surface area contributed by atoms with Gasteiger partial charge in [0.15, 0.2) is 11.2 Å². The van der Waals surface area contributed by atoms with Crippen molar-refractivity contribution in [3.05, 3.63) is 152 Å². The molecule has 0 atom stereocenters. The van der Waals surface area contributed by atoms with Crippen LogP contribution in [0.3, 0.4) is 0 Å². The van der Waals surface area contributed by atoms with Gasteiger partial charge in [0.25, 0.3) is 0 Å². The minimum absolute atomic E-state index is 0.772. The molecule has 4 heterocycles. The summed E-state index contributed by atoms with van der Waals surface area (Å²) in [4.78, 5) is 11.4. The average molecular weight is 580 g/mol. The molecule has 5 aromatic carbocycles. The van der Waals surface area contributed by atoms with Gasteiger partial charge in [-0.2, -0.15) is 0 Å². The Morgan fingerprint density at radius 3 is 1.49 bits per heavy atom. The maximum atomic E-state index is 6.25. The van der Waals surface area contributed by atoms with Gasteiger partial charge in [0.1, 0.15) is 22.2 Å². The van der Waals surface area contributed by atoms with Gasteiger partial charge in [-0.05, 0) is 82.9 Å². The van der Waals surface area contributed by atoms with Crippen LogP contribution in [0.5, 0.6) is 0 Å². The van der Waals surface area contributed by atoms with Crippen LogP contribution in [0.2, 0.25) is 0 Å². The quantitative estimate of drug-likeness (QED) is 0.203. The zero-order valence-corrected chi connectivity index (χ0v) is 24.1. The number of aromatic nitrogens is 2. The van der Waals surface area contributed by atoms with E-state index in [0.29, 0.717) is 0 Å². The van der Waals surface area contributed by atoms with E-state index in [9.17, 15) is 0 Å². The molecule has 0 radical (unpaired) electrons. The number of rotatable bonds is 5. The van der Waals surface area contributed by atoms with Gasteiger partial charge in [-0.15, -0.1) is 0 Å². The van der Waals surface area contributed by atoms with E-state index < -0.39 is 0 Å². The SMILES string of the molecule is c1ccc(-c2ccc(-c3cccc(N(c4ccc5c(c4)oc4cccnc45)c4ccc5c(c4)oc4cccnc45)c3)cc2)cc1. The van der Waals surface area contributed by atoms with Crippen LogP contribution < -0.4 is 4.90 Å². The number of hydrogen-bond donors (Lipinski definition) is 0. The summed E-state index contributed by atoms with van der Waals surface area (Å²) >= 11 is 0. The number of furan rings is 2. The minimum atomic E-state index is 0.772. The van der Waals surface area contributed by atoms with Gasteiger partial charge in [0.2, 0.25) is 0 Å². The Labute approximate surface area is 258 Å².